The van der Waals surface area contributed by atoms with E-state index in [0.29, 0.717) is 12.3 Å². The highest BCUT2D eigenvalue weighted by molar-refractivity contribution is 5.99. The lowest BCUT2D eigenvalue weighted by molar-refractivity contribution is 0.0611. The molecule has 1 fully saturated rings. The molecule has 1 amide bonds. The van der Waals surface area contributed by atoms with Crippen LogP contribution in [-0.2, 0) is 6.54 Å². The normalized spacial score (nSPS) is 17.6. The number of hydrogen-bond donors (Lipinski definition) is 1. The van der Waals surface area contributed by atoms with E-state index in [1.165, 1.54) is 0 Å². The molecule has 0 saturated carbocycles. The standard InChI is InChI=1S/C22H25N3O2/c1-16-19-9-2-3-10-20(19)27-21(16)22(26)25(15-17-7-4-5-13-24-17)18-8-6-12-23-14-11-18/h2-5,7,9-10,13,18,23H,6,8,11-12,14-15H2,1H3. The summed E-state index contributed by atoms with van der Waals surface area (Å²) in [5.41, 5.74) is 2.57. The molecule has 0 bridgehead atoms. The van der Waals surface area contributed by atoms with Crippen molar-refractivity contribution in [2.75, 3.05) is 13.1 Å². The molecule has 1 atom stereocenters. The molecule has 5 heteroatoms. The summed E-state index contributed by atoms with van der Waals surface area (Å²) in [5, 5.41) is 4.43. The molecule has 1 unspecified atom stereocenters. The van der Waals surface area contributed by atoms with Gasteiger partial charge in [0, 0.05) is 23.2 Å². The van der Waals surface area contributed by atoms with Crippen LogP contribution in [0.4, 0.5) is 0 Å². The van der Waals surface area contributed by atoms with Gasteiger partial charge in [0.2, 0.25) is 0 Å². The Morgan fingerprint density at radius 3 is 2.85 bits per heavy atom. The fraction of sp³-hybridized carbons (Fsp3) is 0.364. The number of hydrogen-bond acceptors (Lipinski definition) is 4. The highest BCUT2D eigenvalue weighted by Crippen LogP contribution is 2.28. The van der Waals surface area contributed by atoms with Crippen LogP contribution in [0, 0.1) is 6.92 Å². The third kappa shape index (κ3) is 3.74. The molecule has 1 aliphatic heterocycles. The fourth-order valence-corrected chi connectivity index (χ4v) is 3.85. The topological polar surface area (TPSA) is 58.4 Å². The number of nitrogens with one attached hydrogen (secondary N) is 1. The number of aryl methyl sites for hydroxylation is 1. The van der Waals surface area contributed by atoms with Gasteiger partial charge in [0.25, 0.3) is 5.91 Å². The molecule has 2 aromatic heterocycles. The van der Waals surface area contributed by atoms with Crippen LogP contribution in [0.1, 0.15) is 41.1 Å². The van der Waals surface area contributed by atoms with Crippen molar-refractivity contribution in [3.05, 3.63) is 65.7 Å². The van der Waals surface area contributed by atoms with Crippen molar-refractivity contribution in [2.24, 2.45) is 0 Å². The minimum absolute atomic E-state index is 0.0405. The molecular formula is C22H25N3O2. The zero-order chi connectivity index (χ0) is 18.6. The van der Waals surface area contributed by atoms with Gasteiger partial charge in [-0.05, 0) is 57.5 Å². The van der Waals surface area contributed by atoms with E-state index in [1.54, 1.807) is 6.20 Å². The first-order valence-electron chi connectivity index (χ1n) is 9.64. The molecule has 1 saturated heterocycles. The van der Waals surface area contributed by atoms with Crippen molar-refractivity contribution in [2.45, 2.75) is 38.8 Å². The average molecular weight is 363 g/mol. The van der Waals surface area contributed by atoms with Gasteiger partial charge in [0.15, 0.2) is 5.76 Å². The van der Waals surface area contributed by atoms with Crippen LogP contribution in [0.25, 0.3) is 11.0 Å². The summed E-state index contributed by atoms with van der Waals surface area (Å²) in [6.07, 6.45) is 4.78. The highest BCUT2D eigenvalue weighted by Gasteiger charge is 2.29. The number of rotatable bonds is 4. The predicted octanol–water partition coefficient (Wildman–Crippen LogP) is 3.92. The van der Waals surface area contributed by atoms with Crippen molar-refractivity contribution in [3.63, 3.8) is 0 Å². The fourth-order valence-electron chi connectivity index (χ4n) is 3.85. The SMILES string of the molecule is Cc1c(C(=O)N(Cc2ccccn2)C2CCCNCC2)oc2ccccc12. The molecule has 140 valence electrons. The first kappa shape index (κ1) is 17.7. The van der Waals surface area contributed by atoms with Crippen LogP contribution in [0.3, 0.4) is 0 Å². The van der Waals surface area contributed by atoms with Gasteiger partial charge in [-0.25, -0.2) is 0 Å². The van der Waals surface area contributed by atoms with Gasteiger partial charge in [0.1, 0.15) is 5.58 Å². The molecule has 5 nitrogen and oxygen atoms in total. The summed E-state index contributed by atoms with van der Waals surface area (Å²) >= 11 is 0. The second-order valence-corrected chi connectivity index (χ2v) is 7.14. The molecule has 1 N–H and O–H groups in total. The second kappa shape index (κ2) is 7.92. The van der Waals surface area contributed by atoms with E-state index >= 15 is 0 Å². The maximum atomic E-state index is 13.5. The monoisotopic (exact) mass is 363 g/mol. The van der Waals surface area contributed by atoms with E-state index in [-0.39, 0.29) is 11.9 Å². The van der Waals surface area contributed by atoms with Crippen molar-refractivity contribution in [1.82, 2.24) is 15.2 Å². The van der Waals surface area contributed by atoms with Crippen molar-refractivity contribution >= 4 is 16.9 Å². The Morgan fingerprint density at radius 1 is 1.19 bits per heavy atom. The number of pyridine rings is 1. The zero-order valence-corrected chi connectivity index (χ0v) is 15.6. The smallest absolute Gasteiger partial charge is 0.290 e. The van der Waals surface area contributed by atoms with Crippen LogP contribution in [-0.4, -0.2) is 34.9 Å². The van der Waals surface area contributed by atoms with Gasteiger partial charge in [-0.1, -0.05) is 24.3 Å². The Hall–Kier alpha value is -2.66. The van der Waals surface area contributed by atoms with E-state index < -0.39 is 0 Å². The van der Waals surface area contributed by atoms with E-state index in [0.717, 1.165) is 54.6 Å². The van der Waals surface area contributed by atoms with Crippen LogP contribution in [0.2, 0.25) is 0 Å². The quantitative estimate of drug-likeness (QED) is 0.763. The Labute approximate surface area is 159 Å². The molecule has 1 aliphatic rings. The first-order chi connectivity index (χ1) is 13.2. The minimum atomic E-state index is -0.0405. The predicted molar refractivity (Wildman–Crippen MR) is 106 cm³/mol. The minimum Gasteiger partial charge on any atom is -0.451 e. The van der Waals surface area contributed by atoms with Gasteiger partial charge in [-0.15, -0.1) is 0 Å². The molecular weight excluding hydrogens is 338 g/mol. The Balaban J connectivity index is 1.69. The summed E-state index contributed by atoms with van der Waals surface area (Å²) < 4.78 is 5.97. The van der Waals surface area contributed by atoms with E-state index in [1.807, 2.05) is 54.3 Å². The number of carbonyl (C=O) groups excluding carboxylic acids is 1. The van der Waals surface area contributed by atoms with Crippen molar-refractivity contribution < 1.29 is 9.21 Å². The zero-order valence-electron chi connectivity index (χ0n) is 15.6. The number of carbonyl (C=O) groups is 1. The third-order valence-corrected chi connectivity index (χ3v) is 5.34. The number of nitrogens with zero attached hydrogens (tertiary/aromatic N) is 2. The second-order valence-electron chi connectivity index (χ2n) is 7.14. The largest absolute Gasteiger partial charge is 0.451 e. The summed E-state index contributed by atoms with van der Waals surface area (Å²) in [6, 6.07) is 13.8. The van der Waals surface area contributed by atoms with Gasteiger partial charge in [-0.2, -0.15) is 0 Å². The van der Waals surface area contributed by atoms with Gasteiger partial charge in [-0.3, -0.25) is 9.78 Å². The molecule has 27 heavy (non-hydrogen) atoms. The van der Waals surface area contributed by atoms with Crippen molar-refractivity contribution in [3.8, 4) is 0 Å². The van der Waals surface area contributed by atoms with Crippen LogP contribution >= 0.6 is 0 Å². The third-order valence-electron chi connectivity index (χ3n) is 5.34. The van der Waals surface area contributed by atoms with Gasteiger partial charge in [0.05, 0.1) is 12.2 Å². The molecule has 4 rings (SSSR count). The molecule has 3 aromatic rings. The number of aromatic nitrogens is 1. The Bertz CT molecular complexity index is 912. The Kier molecular flexibility index (Phi) is 5.21. The van der Waals surface area contributed by atoms with Gasteiger partial charge < -0.3 is 14.6 Å². The van der Waals surface area contributed by atoms with Gasteiger partial charge >= 0.3 is 0 Å². The summed E-state index contributed by atoms with van der Waals surface area (Å²) in [6.45, 7) is 4.40. The number of para-hydroxylation sites is 1. The van der Waals surface area contributed by atoms with E-state index in [9.17, 15) is 4.79 Å². The van der Waals surface area contributed by atoms with E-state index in [4.69, 9.17) is 4.42 Å². The molecule has 0 radical (unpaired) electrons. The molecule has 3 heterocycles. The molecule has 0 aliphatic carbocycles. The number of benzene rings is 1. The van der Waals surface area contributed by atoms with Crippen molar-refractivity contribution in [1.29, 1.82) is 0 Å². The lowest BCUT2D eigenvalue weighted by Crippen LogP contribution is -2.40. The molecule has 0 spiro atoms. The maximum Gasteiger partial charge on any atom is 0.290 e. The summed E-state index contributed by atoms with van der Waals surface area (Å²) in [4.78, 5) is 19.9. The summed E-state index contributed by atoms with van der Waals surface area (Å²) in [5.74, 6) is 0.408. The van der Waals surface area contributed by atoms with Crippen LogP contribution in [0.15, 0.2) is 53.1 Å². The number of amides is 1. The summed E-state index contributed by atoms with van der Waals surface area (Å²) in [7, 11) is 0. The highest BCUT2D eigenvalue weighted by atomic mass is 16.3. The molecule has 1 aromatic carbocycles. The van der Waals surface area contributed by atoms with Crippen LogP contribution < -0.4 is 5.32 Å². The lowest BCUT2D eigenvalue weighted by atomic mass is 10.1. The van der Waals surface area contributed by atoms with E-state index in [2.05, 4.69) is 10.3 Å². The van der Waals surface area contributed by atoms with Crippen LogP contribution in [0.5, 0.6) is 0 Å². The maximum absolute atomic E-state index is 13.5. The lowest BCUT2D eigenvalue weighted by Gasteiger charge is -2.30. The number of furan rings is 1. The Morgan fingerprint density at radius 2 is 2.04 bits per heavy atom. The first-order valence-corrected chi connectivity index (χ1v) is 9.64. The number of fused-ring (bicyclic) bond motifs is 1. The average Bonchev–Trinajstić information content (AvgIpc) is 2.87.